The Kier molecular flexibility index (Phi) is 10.5. The molecule has 5 nitrogen and oxygen atoms in total. The topological polar surface area (TPSA) is 68.9 Å². The van der Waals surface area contributed by atoms with E-state index >= 15 is 0 Å². The minimum Gasteiger partial charge on any atom is -0.495 e. The summed E-state index contributed by atoms with van der Waals surface area (Å²) in [6.07, 6.45) is 1.08. The number of guanidine groups is 1. The Hall–Kier alpha value is -0.730. The summed E-state index contributed by atoms with van der Waals surface area (Å²) in [6, 6.07) is 5.34. The minimum absolute atomic E-state index is 0. The van der Waals surface area contributed by atoms with Crippen LogP contribution in [0.4, 0.5) is 5.69 Å². The highest BCUT2D eigenvalue weighted by Gasteiger charge is 2.02. The molecule has 21 heavy (non-hydrogen) atoms. The Bertz CT molecular complexity index is 456. The van der Waals surface area contributed by atoms with Gasteiger partial charge in [0.1, 0.15) is 5.75 Å². The molecule has 0 bridgehead atoms. The summed E-state index contributed by atoms with van der Waals surface area (Å²) in [5.41, 5.74) is 6.57. The van der Waals surface area contributed by atoms with Crippen LogP contribution in [0.3, 0.4) is 0 Å². The quantitative estimate of drug-likeness (QED) is 0.302. The first kappa shape index (κ1) is 20.3. The Morgan fingerprint density at radius 1 is 1.43 bits per heavy atom. The normalized spacial score (nSPS) is 11.2. The molecule has 0 saturated heterocycles. The minimum atomic E-state index is 0. The summed E-state index contributed by atoms with van der Waals surface area (Å²) in [4.78, 5) is 4.22. The molecule has 1 rings (SSSR count). The van der Waals surface area contributed by atoms with Crippen LogP contribution < -0.4 is 15.8 Å². The lowest BCUT2D eigenvalue weighted by molar-refractivity contribution is 0.0783. The maximum atomic E-state index is 6.03. The molecule has 0 atom stereocenters. The first-order valence-corrected chi connectivity index (χ1v) is 6.92. The molecule has 1 aromatic rings. The summed E-state index contributed by atoms with van der Waals surface area (Å²) >= 11 is 6.03. The number of nitrogens with two attached hydrogens (primary N) is 1. The van der Waals surface area contributed by atoms with E-state index in [2.05, 4.69) is 10.3 Å². The van der Waals surface area contributed by atoms with Crippen LogP contribution in [-0.4, -0.2) is 32.3 Å². The molecule has 7 heteroatoms. The third kappa shape index (κ3) is 8.33. The van der Waals surface area contributed by atoms with Crippen molar-refractivity contribution < 1.29 is 9.47 Å². The van der Waals surface area contributed by atoms with Gasteiger partial charge in [0, 0.05) is 18.8 Å². The number of hydrogen-bond acceptors (Lipinski definition) is 3. The zero-order valence-electron chi connectivity index (χ0n) is 12.6. The van der Waals surface area contributed by atoms with Crippen molar-refractivity contribution in [2.45, 2.75) is 26.4 Å². The highest BCUT2D eigenvalue weighted by Crippen LogP contribution is 2.26. The van der Waals surface area contributed by atoms with Gasteiger partial charge in [0.05, 0.1) is 18.2 Å². The molecule has 0 saturated carbocycles. The van der Waals surface area contributed by atoms with E-state index in [1.165, 1.54) is 0 Å². The third-order valence-corrected chi connectivity index (χ3v) is 2.76. The predicted octanol–water partition coefficient (Wildman–Crippen LogP) is 3.51. The van der Waals surface area contributed by atoms with Gasteiger partial charge in [-0.05, 0) is 38.5 Å². The zero-order valence-corrected chi connectivity index (χ0v) is 15.6. The van der Waals surface area contributed by atoms with Crippen LogP contribution in [0, 0.1) is 0 Å². The van der Waals surface area contributed by atoms with E-state index in [4.69, 9.17) is 26.8 Å². The molecule has 0 aromatic heterocycles. The van der Waals surface area contributed by atoms with Crippen LogP contribution in [0.2, 0.25) is 5.02 Å². The lowest BCUT2D eigenvalue weighted by Crippen LogP contribution is -2.23. The number of benzene rings is 1. The molecule has 0 amide bonds. The van der Waals surface area contributed by atoms with Crippen molar-refractivity contribution in [3.05, 3.63) is 23.2 Å². The lowest BCUT2D eigenvalue weighted by Gasteiger charge is -2.09. The van der Waals surface area contributed by atoms with E-state index in [1.54, 1.807) is 19.2 Å². The van der Waals surface area contributed by atoms with Gasteiger partial charge in [0.25, 0.3) is 0 Å². The standard InChI is InChI=1S/C14H22ClN3O2.HI/c1-10(2)20-8-4-7-17-14(16)18-11-5-6-13(19-3)12(15)9-11;/h5-6,9-10H,4,7-8H2,1-3H3,(H3,16,17,18);1H. The Morgan fingerprint density at radius 3 is 2.71 bits per heavy atom. The maximum absolute atomic E-state index is 6.03. The SMILES string of the molecule is COc1ccc(NC(N)=NCCCOC(C)C)cc1Cl.I. The van der Waals surface area contributed by atoms with E-state index < -0.39 is 0 Å². The van der Waals surface area contributed by atoms with Crippen molar-refractivity contribution in [2.24, 2.45) is 10.7 Å². The predicted molar refractivity (Wildman–Crippen MR) is 99.2 cm³/mol. The van der Waals surface area contributed by atoms with Crippen molar-refractivity contribution in [3.63, 3.8) is 0 Å². The summed E-state index contributed by atoms with van der Waals surface area (Å²) in [5, 5.41) is 3.50. The van der Waals surface area contributed by atoms with E-state index in [-0.39, 0.29) is 30.1 Å². The molecule has 0 heterocycles. The van der Waals surface area contributed by atoms with Gasteiger partial charge in [-0.15, -0.1) is 24.0 Å². The Balaban J connectivity index is 0.00000400. The molecular formula is C14H23ClIN3O2. The van der Waals surface area contributed by atoms with Crippen LogP contribution in [0.25, 0.3) is 0 Å². The second-order valence-electron chi connectivity index (χ2n) is 4.51. The van der Waals surface area contributed by atoms with Gasteiger partial charge >= 0.3 is 0 Å². The largest absolute Gasteiger partial charge is 0.495 e. The highest BCUT2D eigenvalue weighted by atomic mass is 127. The van der Waals surface area contributed by atoms with Gasteiger partial charge in [0.15, 0.2) is 5.96 Å². The lowest BCUT2D eigenvalue weighted by atomic mass is 10.3. The Labute approximate surface area is 148 Å². The average Bonchev–Trinajstić information content (AvgIpc) is 2.38. The molecule has 0 spiro atoms. The summed E-state index contributed by atoms with van der Waals surface area (Å²) in [7, 11) is 1.57. The zero-order chi connectivity index (χ0) is 15.0. The summed E-state index contributed by atoms with van der Waals surface area (Å²) in [5.74, 6) is 0.981. The summed E-state index contributed by atoms with van der Waals surface area (Å²) < 4.78 is 10.5. The second-order valence-corrected chi connectivity index (χ2v) is 4.92. The molecule has 120 valence electrons. The molecule has 0 unspecified atom stereocenters. The van der Waals surface area contributed by atoms with Crippen LogP contribution in [0.1, 0.15) is 20.3 Å². The van der Waals surface area contributed by atoms with Gasteiger partial charge < -0.3 is 20.5 Å². The number of ether oxygens (including phenoxy) is 2. The van der Waals surface area contributed by atoms with Gasteiger partial charge in [-0.3, -0.25) is 4.99 Å². The van der Waals surface area contributed by atoms with E-state index in [1.807, 2.05) is 19.9 Å². The van der Waals surface area contributed by atoms with E-state index in [0.717, 1.165) is 12.1 Å². The van der Waals surface area contributed by atoms with Gasteiger partial charge in [0.2, 0.25) is 0 Å². The third-order valence-electron chi connectivity index (χ3n) is 2.46. The average molecular weight is 428 g/mol. The van der Waals surface area contributed by atoms with Gasteiger partial charge in [-0.25, -0.2) is 0 Å². The fourth-order valence-corrected chi connectivity index (χ4v) is 1.77. The monoisotopic (exact) mass is 427 g/mol. The van der Waals surface area contributed by atoms with E-state index in [0.29, 0.717) is 29.9 Å². The fraction of sp³-hybridized carbons (Fsp3) is 0.500. The number of hydrogen-bond donors (Lipinski definition) is 2. The molecular weight excluding hydrogens is 405 g/mol. The van der Waals surface area contributed by atoms with Crippen LogP contribution in [0.5, 0.6) is 5.75 Å². The van der Waals surface area contributed by atoms with E-state index in [9.17, 15) is 0 Å². The summed E-state index contributed by atoms with van der Waals surface area (Å²) in [6.45, 7) is 5.32. The van der Waals surface area contributed by atoms with Crippen molar-refractivity contribution in [2.75, 3.05) is 25.6 Å². The first-order chi connectivity index (χ1) is 9.52. The number of aliphatic imine (C=N–C) groups is 1. The molecule has 0 fully saturated rings. The number of rotatable bonds is 7. The van der Waals surface area contributed by atoms with Crippen LogP contribution >= 0.6 is 35.6 Å². The van der Waals surface area contributed by atoms with Gasteiger partial charge in [-0.1, -0.05) is 11.6 Å². The second kappa shape index (κ2) is 10.9. The number of nitrogens with one attached hydrogen (secondary N) is 1. The van der Waals surface area contributed by atoms with Crippen molar-refractivity contribution >= 4 is 47.2 Å². The van der Waals surface area contributed by atoms with Crippen molar-refractivity contribution in [1.82, 2.24) is 0 Å². The number of nitrogens with zero attached hydrogens (tertiary/aromatic N) is 1. The molecule has 0 aliphatic heterocycles. The molecule has 3 N–H and O–H groups in total. The van der Waals surface area contributed by atoms with Gasteiger partial charge in [-0.2, -0.15) is 0 Å². The molecule has 0 radical (unpaired) electrons. The maximum Gasteiger partial charge on any atom is 0.193 e. The number of methoxy groups -OCH3 is 1. The molecule has 1 aromatic carbocycles. The fourth-order valence-electron chi connectivity index (χ4n) is 1.51. The van der Waals surface area contributed by atoms with Crippen LogP contribution in [-0.2, 0) is 4.74 Å². The first-order valence-electron chi connectivity index (χ1n) is 6.55. The highest BCUT2D eigenvalue weighted by molar-refractivity contribution is 14.0. The number of halogens is 2. The van der Waals surface area contributed by atoms with Crippen molar-refractivity contribution in [3.8, 4) is 5.75 Å². The van der Waals surface area contributed by atoms with Crippen molar-refractivity contribution in [1.29, 1.82) is 0 Å². The van der Waals surface area contributed by atoms with Crippen LogP contribution in [0.15, 0.2) is 23.2 Å². The molecule has 0 aliphatic carbocycles. The molecule has 0 aliphatic rings. The number of anilines is 1. The Morgan fingerprint density at radius 2 is 2.14 bits per heavy atom. The smallest absolute Gasteiger partial charge is 0.193 e.